The zero-order valence-corrected chi connectivity index (χ0v) is 11.1. The van der Waals surface area contributed by atoms with Crippen molar-refractivity contribution in [2.75, 3.05) is 0 Å². The van der Waals surface area contributed by atoms with Crippen LogP contribution in [0.15, 0.2) is 24.3 Å². The topological polar surface area (TPSA) is 0 Å². The maximum absolute atomic E-state index is 4.01. The number of allylic oxidation sites excluding steroid dienone is 3. The molecule has 0 aliphatic heterocycles. The highest BCUT2D eigenvalue weighted by Crippen LogP contribution is 2.26. The standard InChI is InChI=1S/C15H28/c1-6-8-9-10-11-15(7-2)14(5)12-13(3)4/h6,8,14-15H,3,7,9-12H2,1-2,4-5H3. The van der Waals surface area contributed by atoms with E-state index >= 15 is 0 Å². The van der Waals surface area contributed by atoms with E-state index in [2.05, 4.69) is 46.4 Å². The van der Waals surface area contributed by atoms with Gasteiger partial charge in [0.1, 0.15) is 0 Å². The van der Waals surface area contributed by atoms with E-state index < -0.39 is 0 Å². The van der Waals surface area contributed by atoms with E-state index in [0.29, 0.717) is 0 Å². The Bertz CT molecular complexity index is 188. The van der Waals surface area contributed by atoms with Crippen LogP contribution in [0.2, 0.25) is 0 Å². The predicted octanol–water partition coefficient (Wildman–Crippen LogP) is 5.36. The molecule has 0 N–H and O–H groups in total. The van der Waals surface area contributed by atoms with Crippen molar-refractivity contribution in [3.63, 3.8) is 0 Å². The van der Waals surface area contributed by atoms with Crippen LogP contribution in [-0.4, -0.2) is 0 Å². The van der Waals surface area contributed by atoms with Gasteiger partial charge in [0.05, 0.1) is 0 Å². The van der Waals surface area contributed by atoms with Crippen LogP contribution in [0.3, 0.4) is 0 Å². The molecule has 0 aromatic carbocycles. The molecule has 0 nitrogen and oxygen atoms in total. The van der Waals surface area contributed by atoms with Crippen molar-refractivity contribution in [1.29, 1.82) is 0 Å². The molecule has 0 aromatic heterocycles. The Balaban J connectivity index is 3.84. The quantitative estimate of drug-likeness (QED) is 0.372. The summed E-state index contributed by atoms with van der Waals surface area (Å²) in [6.07, 6.45) is 10.9. The first-order valence-electron chi connectivity index (χ1n) is 6.37. The van der Waals surface area contributed by atoms with Crippen LogP contribution >= 0.6 is 0 Å². The summed E-state index contributed by atoms with van der Waals surface area (Å²) in [5.74, 6) is 1.69. The van der Waals surface area contributed by atoms with E-state index in [1.54, 1.807) is 0 Å². The zero-order chi connectivity index (χ0) is 11.7. The molecule has 0 aromatic rings. The lowest BCUT2D eigenvalue weighted by Crippen LogP contribution is -2.11. The number of hydrogen-bond donors (Lipinski definition) is 0. The molecule has 0 aliphatic rings. The molecule has 0 heterocycles. The Morgan fingerprint density at radius 2 is 2.07 bits per heavy atom. The summed E-state index contributed by atoms with van der Waals surface area (Å²) in [5.41, 5.74) is 1.33. The second-order valence-electron chi connectivity index (χ2n) is 4.81. The second-order valence-corrected chi connectivity index (χ2v) is 4.81. The van der Waals surface area contributed by atoms with Crippen molar-refractivity contribution in [1.82, 2.24) is 0 Å². The van der Waals surface area contributed by atoms with Gasteiger partial charge in [-0.05, 0) is 51.4 Å². The summed E-state index contributed by atoms with van der Waals surface area (Å²) >= 11 is 0. The molecule has 0 aliphatic carbocycles. The van der Waals surface area contributed by atoms with Crippen molar-refractivity contribution in [3.05, 3.63) is 24.3 Å². The van der Waals surface area contributed by atoms with Gasteiger partial charge in [-0.2, -0.15) is 0 Å². The highest BCUT2D eigenvalue weighted by Gasteiger charge is 2.14. The van der Waals surface area contributed by atoms with E-state index in [1.807, 2.05) is 0 Å². The average Bonchev–Trinajstić information content (AvgIpc) is 2.16. The lowest BCUT2D eigenvalue weighted by molar-refractivity contribution is 0.317. The van der Waals surface area contributed by atoms with Crippen molar-refractivity contribution in [2.24, 2.45) is 11.8 Å². The molecule has 0 saturated carbocycles. The molecule has 0 rings (SSSR count). The van der Waals surface area contributed by atoms with E-state index in [0.717, 1.165) is 11.8 Å². The summed E-state index contributed by atoms with van der Waals surface area (Å²) < 4.78 is 0. The van der Waals surface area contributed by atoms with Gasteiger partial charge in [-0.25, -0.2) is 0 Å². The van der Waals surface area contributed by atoms with Crippen molar-refractivity contribution < 1.29 is 0 Å². The summed E-state index contributed by atoms with van der Waals surface area (Å²) in [6, 6.07) is 0. The van der Waals surface area contributed by atoms with Crippen molar-refractivity contribution >= 4 is 0 Å². The lowest BCUT2D eigenvalue weighted by atomic mass is 9.83. The molecule has 0 radical (unpaired) electrons. The molecular weight excluding hydrogens is 180 g/mol. The minimum atomic E-state index is 0.804. The van der Waals surface area contributed by atoms with Gasteiger partial charge in [-0.3, -0.25) is 0 Å². The highest BCUT2D eigenvalue weighted by molar-refractivity contribution is 4.90. The molecule has 0 fully saturated rings. The Morgan fingerprint density at radius 3 is 2.53 bits per heavy atom. The third-order valence-corrected chi connectivity index (χ3v) is 3.18. The second kappa shape index (κ2) is 8.76. The van der Waals surface area contributed by atoms with Crippen molar-refractivity contribution in [2.45, 2.75) is 59.8 Å². The Morgan fingerprint density at radius 1 is 1.40 bits per heavy atom. The molecule has 0 amide bonds. The molecule has 0 bridgehead atoms. The average molecular weight is 208 g/mol. The van der Waals surface area contributed by atoms with Gasteiger partial charge < -0.3 is 0 Å². The van der Waals surface area contributed by atoms with E-state index in [9.17, 15) is 0 Å². The lowest BCUT2D eigenvalue weighted by Gasteiger charge is -2.22. The first kappa shape index (κ1) is 14.5. The largest absolute Gasteiger partial charge is 0.100 e. The van der Waals surface area contributed by atoms with Crippen LogP contribution in [0.4, 0.5) is 0 Å². The van der Waals surface area contributed by atoms with Gasteiger partial charge in [0.25, 0.3) is 0 Å². The number of hydrogen-bond acceptors (Lipinski definition) is 0. The van der Waals surface area contributed by atoms with Crippen LogP contribution in [0.5, 0.6) is 0 Å². The van der Waals surface area contributed by atoms with E-state index in [4.69, 9.17) is 0 Å². The minimum absolute atomic E-state index is 0.804. The fourth-order valence-corrected chi connectivity index (χ4v) is 2.27. The summed E-state index contributed by atoms with van der Waals surface area (Å²) in [4.78, 5) is 0. The van der Waals surface area contributed by atoms with Gasteiger partial charge in [0, 0.05) is 0 Å². The van der Waals surface area contributed by atoms with E-state index in [-0.39, 0.29) is 0 Å². The summed E-state index contributed by atoms with van der Waals surface area (Å²) in [7, 11) is 0. The first-order valence-corrected chi connectivity index (χ1v) is 6.37. The molecule has 2 unspecified atom stereocenters. The van der Waals surface area contributed by atoms with Crippen LogP contribution in [0.1, 0.15) is 59.8 Å². The van der Waals surface area contributed by atoms with Gasteiger partial charge in [-0.15, -0.1) is 6.58 Å². The molecule has 88 valence electrons. The molecule has 0 heteroatoms. The Kier molecular flexibility index (Phi) is 8.46. The highest BCUT2D eigenvalue weighted by atomic mass is 14.2. The summed E-state index contributed by atoms with van der Waals surface area (Å²) in [6.45, 7) is 12.9. The maximum atomic E-state index is 4.01. The molecule has 15 heavy (non-hydrogen) atoms. The Labute approximate surface area is 96.5 Å². The SMILES string of the molecule is C=C(C)CC(C)C(CC)CCCC=CC. The van der Waals surface area contributed by atoms with Gasteiger partial charge >= 0.3 is 0 Å². The van der Waals surface area contributed by atoms with Crippen molar-refractivity contribution in [3.8, 4) is 0 Å². The zero-order valence-electron chi connectivity index (χ0n) is 11.1. The maximum Gasteiger partial charge on any atom is -0.0297 e. The van der Waals surface area contributed by atoms with Crippen LogP contribution in [0.25, 0.3) is 0 Å². The fourth-order valence-electron chi connectivity index (χ4n) is 2.27. The minimum Gasteiger partial charge on any atom is -0.100 e. The predicted molar refractivity (Wildman–Crippen MR) is 71.0 cm³/mol. The third-order valence-electron chi connectivity index (χ3n) is 3.18. The third kappa shape index (κ3) is 7.41. The Hall–Kier alpha value is -0.520. The van der Waals surface area contributed by atoms with Crippen LogP contribution < -0.4 is 0 Å². The smallest absolute Gasteiger partial charge is 0.0297 e. The van der Waals surface area contributed by atoms with Gasteiger partial charge in [0.15, 0.2) is 0 Å². The fraction of sp³-hybridized carbons (Fsp3) is 0.733. The first-order chi connectivity index (χ1) is 7.11. The van der Waals surface area contributed by atoms with Gasteiger partial charge in [-0.1, -0.05) is 38.0 Å². The molecular formula is C15H28. The van der Waals surface area contributed by atoms with E-state index in [1.165, 1.54) is 37.7 Å². The van der Waals surface area contributed by atoms with Crippen LogP contribution in [-0.2, 0) is 0 Å². The van der Waals surface area contributed by atoms with Crippen LogP contribution in [0, 0.1) is 11.8 Å². The molecule has 0 saturated heterocycles. The monoisotopic (exact) mass is 208 g/mol. The summed E-state index contributed by atoms with van der Waals surface area (Å²) in [5, 5.41) is 0. The number of rotatable bonds is 8. The van der Waals surface area contributed by atoms with Gasteiger partial charge in [0.2, 0.25) is 0 Å². The normalized spacial score (nSPS) is 15.5. The molecule has 2 atom stereocenters. The molecule has 0 spiro atoms. The number of unbranched alkanes of at least 4 members (excludes halogenated alkanes) is 1.